The van der Waals surface area contributed by atoms with E-state index in [-0.39, 0.29) is 0 Å². The molecule has 0 atom stereocenters. The van der Waals surface area contributed by atoms with E-state index in [4.69, 9.17) is 0 Å². The number of carbonyl (C=O) groups excluding carboxylic acids is 1. The first-order chi connectivity index (χ1) is 9.80. The Labute approximate surface area is 118 Å². The van der Waals surface area contributed by atoms with Gasteiger partial charge in [0, 0.05) is 17.5 Å². The van der Waals surface area contributed by atoms with Gasteiger partial charge in [0.15, 0.2) is 6.29 Å². The van der Waals surface area contributed by atoms with Crippen LogP contribution in [0.4, 0.5) is 0 Å². The highest BCUT2D eigenvalue weighted by atomic mass is 16.1. The molecule has 0 fully saturated rings. The van der Waals surface area contributed by atoms with E-state index in [0.717, 1.165) is 23.4 Å². The fraction of sp³-hybridized carbons (Fsp3) is 0.0588. The summed E-state index contributed by atoms with van der Waals surface area (Å²) in [4.78, 5) is 15.4. The number of rotatable bonds is 5. The molecule has 0 saturated heterocycles. The van der Waals surface area contributed by atoms with Crippen LogP contribution in [0.25, 0.3) is 11.3 Å². The lowest BCUT2D eigenvalue weighted by atomic mass is 10.2. The smallest absolute Gasteiger partial charge is 0.170 e. The average Bonchev–Trinajstić information content (AvgIpc) is 2.92. The van der Waals surface area contributed by atoms with Crippen molar-refractivity contribution in [3.05, 3.63) is 78.9 Å². The van der Waals surface area contributed by atoms with Crippen molar-refractivity contribution >= 4 is 11.9 Å². The molecule has 0 N–H and O–H groups in total. The number of aldehydes is 1. The fourth-order valence-electron chi connectivity index (χ4n) is 1.96. The molecule has 0 aliphatic carbocycles. The summed E-state index contributed by atoms with van der Waals surface area (Å²) < 4.78 is 1.90. The Hall–Kier alpha value is -2.68. The maximum atomic E-state index is 11.0. The Morgan fingerprint density at radius 3 is 2.65 bits per heavy atom. The number of allylic oxidation sites excluding steroid dienone is 5. The predicted octanol–water partition coefficient (Wildman–Crippen LogP) is 3.83. The largest absolute Gasteiger partial charge is 0.299 e. The summed E-state index contributed by atoms with van der Waals surface area (Å²) in [6, 6.07) is 9.80. The van der Waals surface area contributed by atoms with Gasteiger partial charge in [0.1, 0.15) is 11.5 Å². The molecule has 3 nitrogen and oxygen atoms in total. The Bertz CT molecular complexity index is 664. The number of aromatic nitrogens is 2. The summed E-state index contributed by atoms with van der Waals surface area (Å²) in [5.41, 5.74) is 2.27. The molecule has 0 amide bonds. The lowest BCUT2D eigenvalue weighted by Crippen LogP contribution is -1.98. The van der Waals surface area contributed by atoms with Crippen molar-refractivity contribution < 1.29 is 4.79 Å². The Morgan fingerprint density at radius 2 is 2.05 bits per heavy atom. The van der Waals surface area contributed by atoms with Gasteiger partial charge in [-0.2, -0.15) is 0 Å². The van der Waals surface area contributed by atoms with Gasteiger partial charge >= 0.3 is 0 Å². The van der Waals surface area contributed by atoms with E-state index in [2.05, 4.69) is 11.6 Å². The molecule has 3 heteroatoms. The highest BCUT2D eigenvalue weighted by Gasteiger charge is 2.11. The van der Waals surface area contributed by atoms with Crippen molar-refractivity contribution in [3.63, 3.8) is 0 Å². The summed E-state index contributed by atoms with van der Waals surface area (Å²) in [5, 5.41) is 0. The van der Waals surface area contributed by atoms with Crippen LogP contribution < -0.4 is 0 Å². The van der Waals surface area contributed by atoms with Crippen LogP contribution in [-0.4, -0.2) is 15.8 Å². The lowest BCUT2D eigenvalue weighted by Gasteiger charge is -2.08. The first-order valence-electron chi connectivity index (χ1n) is 6.36. The topological polar surface area (TPSA) is 34.9 Å². The molecule has 2 aromatic rings. The number of imidazole rings is 1. The molecule has 0 saturated carbocycles. The third-order valence-electron chi connectivity index (χ3n) is 2.78. The van der Waals surface area contributed by atoms with E-state index in [1.165, 1.54) is 0 Å². The Balaban J connectivity index is 2.63. The van der Waals surface area contributed by atoms with Crippen LogP contribution in [0.5, 0.6) is 0 Å². The van der Waals surface area contributed by atoms with E-state index in [0.29, 0.717) is 5.69 Å². The first-order valence-corrected chi connectivity index (χ1v) is 6.36. The minimum Gasteiger partial charge on any atom is -0.299 e. The Kier molecular flexibility index (Phi) is 4.45. The normalized spacial score (nSPS) is 11.8. The number of hydrogen-bond donors (Lipinski definition) is 0. The number of hydrogen-bond acceptors (Lipinski definition) is 2. The highest BCUT2D eigenvalue weighted by molar-refractivity contribution is 5.77. The Morgan fingerprint density at radius 1 is 1.30 bits per heavy atom. The van der Waals surface area contributed by atoms with Crippen molar-refractivity contribution in [2.75, 3.05) is 0 Å². The molecule has 0 radical (unpaired) electrons. The van der Waals surface area contributed by atoms with Gasteiger partial charge < -0.3 is 0 Å². The predicted molar refractivity (Wildman–Crippen MR) is 81.9 cm³/mol. The van der Waals surface area contributed by atoms with E-state index < -0.39 is 0 Å². The zero-order valence-corrected chi connectivity index (χ0v) is 11.4. The van der Waals surface area contributed by atoms with Gasteiger partial charge in [-0.25, -0.2) is 4.98 Å². The SMILES string of the molecule is C=C/C=C(\C=C/C)c1nc(C=O)cn1-c1ccccc1. The number of benzene rings is 1. The van der Waals surface area contributed by atoms with Gasteiger partial charge in [-0.3, -0.25) is 9.36 Å². The second kappa shape index (κ2) is 6.48. The number of carbonyl (C=O) groups is 1. The standard InChI is InChI=1S/C17H16N2O/c1-3-8-14(9-4-2)17-18-15(13-20)12-19(17)16-10-6-5-7-11-16/h3-13H,1H2,2H3/b9-4-,14-8+. The van der Waals surface area contributed by atoms with Gasteiger partial charge in [0.2, 0.25) is 0 Å². The summed E-state index contributed by atoms with van der Waals surface area (Å²) in [6.45, 7) is 5.66. The van der Waals surface area contributed by atoms with Crippen LogP contribution in [0.15, 0.2) is 67.4 Å². The van der Waals surface area contributed by atoms with Crippen LogP contribution in [0.3, 0.4) is 0 Å². The van der Waals surface area contributed by atoms with Gasteiger partial charge in [0.25, 0.3) is 0 Å². The average molecular weight is 264 g/mol. The van der Waals surface area contributed by atoms with Crippen LogP contribution in [0, 0.1) is 0 Å². The third kappa shape index (κ3) is 2.83. The molecule has 100 valence electrons. The van der Waals surface area contributed by atoms with E-state index >= 15 is 0 Å². The molecule has 1 aromatic heterocycles. The summed E-state index contributed by atoms with van der Waals surface area (Å²) in [7, 11) is 0. The van der Waals surface area contributed by atoms with E-state index in [1.54, 1.807) is 12.3 Å². The zero-order chi connectivity index (χ0) is 14.4. The molecule has 0 spiro atoms. The van der Waals surface area contributed by atoms with Crippen LogP contribution in [0.1, 0.15) is 23.2 Å². The fourth-order valence-corrected chi connectivity index (χ4v) is 1.96. The molecule has 20 heavy (non-hydrogen) atoms. The summed E-state index contributed by atoms with van der Waals surface area (Å²) >= 11 is 0. The minimum atomic E-state index is 0.406. The molecule has 1 heterocycles. The minimum absolute atomic E-state index is 0.406. The second-order valence-electron chi connectivity index (χ2n) is 4.17. The van der Waals surface area contributed by atoms with Crippen LogP contribution in [0.2, 0.25) is 0 Å². The van der Waals surface area contributed by atoms with E-state index in [9.17, 15) is 4.79 Å². The molecular formula is C17H16N2O. The van der Waals surface area contributed by atoms with Gasteiger partial charge in [0.05, 0.1) is 0 Å². The van der Waals surface area contributed by atoms with Crippen molar-refractivity contribution in [2.45, 2.75) is 6.92 Å². The molecular weight excluding hydrogens is 248 g/mol. The maximum Gasteiger partial charge on any atom is 0.170 e. The van der Waals surface area contributed by atoms with Gasteiger partial charge in [-0.15, -0.1) is 0 Å². The van der Waals surface area contributed by atoms with E-state index in [1.807, 2.05) is 60.1 Å². The second-order valence-corrected chi connectivity index (χ2v) is 4.17. The van der Waals surface area contributed by atoms with Crippen LogP contribution in [-0.2, 0) is 0 Å². The quantitative estimate of drug-likeness (QED) is 0.607. The summed E-state index contributed by atoms with van der Waals surface area (Å²) in [6.07, 6.45) is 9.94. The first kappa shape index (κ1) is 13.7. The summed E-state index contributed by atoms with van der Waals surface area (Å²) in [5.74, 6) is 0.719. The van der Waals surface area contributed by atoms with Crippen LogP contribution >= 0.6 is 0 Å². The molecule has 2 rings (SSSR count). The molecule has 0 aliphatic heterocycles. The molecule has 0 unspecified atom stereocenters. The molecule has 0 bridgehead atoms. The number of nitrogens with zero attached hydrogens (tertiary/aromatic N) is 2. The highest BCUT2D eigenvalue weighted by Crippen LogP contribution is 2.20. The zero-order valence-electron chi connectivity index (χ0n) is 11.4. The monoisotopic (exact) mass is 264 g/mol. The molecule has 1 aromatic carbocycles. The lowest BCUT2D eigenvalue weighted by molar-refractivity contribution is 0.111. The van der Waals surface area contributed by atoms with Gasteiger partial charge in [-0.1, -0.05) is 49.1 Å². The number of para-hydroxylation sites is 1. The van der Waals surface area contributed by atoms with Crippen molar-refractivity contribution in [1.29, 1.82) is 0 Å². The molecule has 0 aliphatic rings. The maximum absolute atomic E-state index is 11.0. The van der Waals surface area contributed by atoms with Crippen molar-refractivity contribution in [1.82, 2.24) is 9.55 Å². The third-order valence-corrected chi connectivity index (χ3v) is 2.78. The van der Waals surface area contributed by atoms with Crippen molar-refractivity contribution in [3.8, 4) is 5.69 Å². The van der Waals surface area contributed by atoms with Gasteiger partial charge in [-0.05, 0) is 19.1 Å². The van der Waals surface area contributed by atoms with Crippen molar-refractivity contribution in [2.24, 2.45) is 0 Å².